The maximum Gasteiger partial charge on any atom is 0.318 e. The van der Waals surface area contributed by atoms with Crippen LogP contribution in [0.15, 0.2) is 23.0 Å². The fourth-order valence-corrected chi connectivity index (χ4v) is 8.46. The highest BCUT2D eigenvalue weighted by Gasteiger charge is 2.59. The first kappa shape index (κ1) is 29.8. The second kappa shape index (κ2) is 11.0. The van der Waals surface area contributed by atoms with Crippen LogP contribution in [0.2, 0.25) is 0 Å². The number of piperazine rings is 1. The SMILES string of the molecule is COc1nc(N2CC3CCC(C2)N3)c2c(=O)n(C3CC3(F)F)c(-c3ccc(F)c4sc(N)nc34)cc2n1.FC1CC2CCCN2C1. The van der Waals surface area contributed by atoms with Gasteiger partial charge in [-0.05, 0) is 56.8 Å². The van der Waals surface area contributed by atoms with Crippen LogP contribution in [0.3, 0.4) is 0 Å². The van der Waals surface area contributed by atoms with Gasteiger partial charge in [-0.1, -0.05) is 11.3 Å². The quantitative estimate of drug-likeness (QED) is 0.306. The Morgan fingerprint density at radius 3 is 2.57 bits per heavy atom. The molecule has 0 amide bonds. The van der Waals surface area contributed by atoms with Crippen LogP contribution in [0.25, 0.3) is 32.4 Å². The van der Waals surface area contributed by atoms with Crippen LogP contribution < -0.4 is 26.2 Å². The molecule has 0 spiro atoms. The van der Waals surface area contributed by atoms with Crippen molar-refractivity contribution in [3.8, 4) is 17.3 Å². The third-order valence-electron chi connectivity index (χ3n) is 9.91. The van der Waals surface area contributed by atoms with E-state index in [2.05, 4.69) is 25.2 Å². The number of ether oxygens (including phenoxy) is 1. The van der Waals surface area contributed by atoms with Crippen molar-refractivity contribution < 1.29 is 22.3 Å². The van der Waals surface area contributed by atoms with Gasteiger partial charge in [0.1, 0.15) is 29.2 Å². The summed E-state index contributed by atoms with van der Waals surface area (Å²) in [5.41, 5.74) is 6.18. The predicted molar refractivity (Wildman–Crippen MR) is 168 cm³/mol. The largest absolute Gasteiger partial charge is 0.467 e. The number of benzene rings is 1. The lowest BCUT2D eigenvalue weighted by Crippen LogP contribution is -2.51. The maximum atomic E-state index is 14.5. The summed E-state index contributed by atoms with van der Waals surface area (Å²) in [6.45, 7) is 3.11. The second-order valence-corrected chi connectivity index (χ2v) is 14.0. The molecule has 244 valence electrons. The molecule has 15 heteroatoms. The molecule has 9 rings (SSSR count). The third kappa shape index (κ3) is 5.07. The summed E-state index contributed by atoms with van der Waals surface area (Å²) in [6, 6.07) is 4.07. The van der Waals surface area contributed by atoms with E-state index in [1.54, 1.807) is 6.07 Å². The Labute approximate surface area is 265 Å². The van der Waals surface area contributed by atoms with Gasteiger partial charge in [0.25, 0.3) is 11.5 Å². The molecule has 5 fully saturated rings. The summed E-state index contributed by atoms with van der Waals surface area (Å²) in [7, 11) is 1.43. The third-order valence-corrected chi connectivity index (χ3v) is 10.8. The molecule has 4 saturated heterocycles. The molecule has 2 bridgehead atoms. The van der Waals surface area contributed by atoms with Crippen LogP contribution in [-0.4, -0.2) is 87.9 Å². The van der Waals surface area contributed by atoms with E-state index < -0.39 is 35.9 Å². The number of nitrogens with zero attached hydrogens (tertiary/aromatic N) is 6. The van der Waals surface area contributed by atoms with E-state index in [9.17, 15) is 22.4 Å². The van der Waals surface area contributed by atoms with Gasteiger partial charge in [-0.25, -0.2) is 22.5 Å². The number of pyridine rings is 1. The van der Waals surface area contributed by atoms with Crippen LogP contribution in [-0.2, 0) is 0 Å². The molecule has 4 aromatic rings. The standard InChI is InChI=1S/C24H22F3N7O2S.C7H12FN/c1-36-23-30-14-6-15(12-4-5-13(25)19-18(12)31-22(28)37-19)34(16-7-24(16,26)27)21(35)17(14)20(32-23)33-8-10-2-3-11(9-33)29-10;8-6-4-7-2-1-3-9(7)5-6/h4-6,10-11,16,29H,2-3,7-9H2,1H3,(H2,28,31);6-7H,1-5H2. The summed E-state index contributed by atoms with van der Waals surface area (Å²) in [6.07, 6.45) is 4.37. The fraction of sp³-hybridized carbons (Fsp3) is 0.548. The average Bonchev–Trinajstić information content (AvgIpc) is 3.52. The number of methoxy groups -OCH3 is 1. The zero-order valence-electron chi connectivity index (χ0n) is 25.2. The average molecular weight is 659 g/mol. The minimum atomic E-state index is -3.05. The Kier molecular flexibility index (Phi) is 7.14. The van der Waals surface area contributed by atoms with Crippen LogP contribution >= 0.6 is 11.3 Å². The Morgan fingerprint density at radius 1 is 1.11 bits per heavy atom. The molecular weight excluding hydrogens is 624 g/mol. The molecule has 10 nitrogen and oxygen atoms in total. The van der Waals surface area contributed by atoms with Crippen LogP contribution in [0.5, 0.6) is 6.01 Å². The minimum Gasteiger partial charge on any atom is -0.467 e. The Morgan fingerprint density at radius 2 is 1.87 bits per heavy atom. The summed E-state index contributed by atoms with van der Waals surface area (Å²) in [5, 5.41) is 3.83. The van der Waals surface area contributed by atoms with Crippen LogP contribution in [0, 0.1) is 5.82 Å². The highest BCUT2D eigenvalue weighted by atomic mass is 32.1. The van der Waals surface area contributed by atoms with E-state index in [4.69, 9.17) is 10.5 Å². The second-order valence-electron chi connectivity index (χ2n) is 13.0. The van der Waals surface area contributed by atoms with Crippen molar-refractivity contribution in [2.24, 2.45) is 0 Å². The Bertz CT molecular complexity index is 1880. The number of thiazole rings is 1. The molecule has 1 saturated carbocycles. The highest BCUT2D eigenvalue weighted by Crippen LogP contribution is 2.53. The number of alkyl halides is 3. The lowest BCUT2D eigenvalue weighted by Gasteiger charge is -2.34. The number of hydrogen-bond acceptors (Lipinski definition) is 10. The number of nitrogens with one attached hydrogen (secondary N) is 1. The van der Waals surface area contributed by atoms with Gasteiger partial charge in [0.05, 0.1) is 28.5 Å². The van der Waals surface area contributed by atoms with Crippen molar-refractivity contribution >= 4 is 43.4 Å². The summed E-state index contributed by atoms with van der Waals surface area (Å²) in [5.74, 6) is -3.20. The summed E-state index contributed by atoms with van der Waals surface area (Å²) < 4.78 is 62.8. The van der Waals surface area contributed by atoms with Crippen molar-refractivity contribution in [2.45, 2.75) is 74.8 Å². The number of nitrogens with two attached hydrogens (primary N) is 1. The van der Waals surface area contributed by atoms with Crippen molar-refractivity contribution in [3.63, 3.8) is 0 Å². The molecule has 1 aromatic carbocycles. The number of hydrogen-bond donors (Lipinski definition) is 2. The molecule has 3 N–H and O–H groups in total. The number of aromatic nitrogens is 4. The van der Waals surface area contributed by atoms with Crippen molar-refractivity contribution in [3.05, 3.63) is 34.4 Å². The smallest absolute Gasteiger partial charge is 0.318 e. The van der Waals surface area contributed by atoms with E-state index in [1.165, 1.54) is 32.1 Å². The van der Waals surface area contributed by atoms with Crippen LogP contribution in [0.4, 0.5) is 28.5 Å². The van der Waals surface area contributed by atoms with Gasteiger partial charge in [-0.15, -0.1) is 0 Å². The molecule has 46 heavy (non-hydrogen) atoms. The topological polar surface area (TPSA) is 114 Å². The number of halogens is 4. The van der Waals surface area contributed by atoms with Crippen molar-refractivity contribution in [2.75, 3.05) is 43.9 Å². The number of anilines is 2. The van der Waals surface area contributed by atoms with Crippen molar-refractivity contribution in [1.82, 2.24) is 29.7 Å². The van der Waals surface area contributed by atoms with Crippen LogP contribution in [0.1, 0.15) is 44.6 Å². The Balaban J connectivity index is 0.000000297. The summed E-state index contributed by atoms with van der Waals surface area (Å²) in [4.78, 5) is 31.6. The predicted octanol–water partition coefficient (Wildman–Crippen LogP) is 4.51. The number of nitrogen functional groups attached to an aromatic ring is 1. The van der Waals surface area contributed by atoms with E-state index in [0.717, 1.165) is 41.7 Å². The number of fused-ring (bicyclic) bond motifs is 5. The molecule has 7 heterocycles. The summed E-state index contributed by atoms with van der Waals surface area (Å²) >= 11 is 0.957. The highest BCUT2D eigenvalue weighted by molar-refractivity contribution is 7.22. The molecule has 0 radical (unpaired) electrons. The van der Waals surface area contributed by atoms with Gasteiger partial charge in [0.15, 0.2) is 5.13 Å². The fourth-order valence-electron chi connectivity index (χ4n) is 7.70. The molecule has 4 aliphatic heterocycles. The minimum absolute atomic E-state index is 0.0652. The Hall–Kier alpha value is -3.56. The van der Waals surface area contributed by atoms with E-state index in [-0.39, 0.29) is 50.0 Å². The van der Waals surface area contributed by atoms with Gasteiger partial charge in [-0.3, -0.25) is 14.3 Å². The van der Waals surface area contributed by atoms with E-state index in [0.29, 0.717) is 37.1 Å². The molecule has 3 aromatic heterocycles. The van der Waals surface area contributed by atoms with Gasteiger partial charge >= 0.3 is 6.01 Å². The first-order chi connectivity index (χ1) is 22.1. The molecule has 1 aliphatic carbocycles. The zero-order valence-corrected chi connectivity index (χ0v) is 26.0. The molecule has 5 aliphatic rings. The lowest BCUT2D eigenvalue weighted by molar-refractivity contribution is 0.100. The van der Waals surface area contributed by atoms with Gasteiger partial charge in [0.2, 0.25) is 0 Å². The van der Waals surface area contributed by atoms with E-state index in [1.807, 2.05) is 4.90 Å². The molecule has 5 unspecified atom stereocenters. The van der Waals surface area contributed by atoms with Gasteiger partial charge in [-0.2, -0.15) is 9.97 Å². The van der Waals surface area contributed by atoms with E-state index >= 15 is 0 Å². The molecule has 5 atom stereocenters. The first-order valence-corrected chi connectivity index (χ1v) is 16.5. The zero-order chi connectivity index (χ0) is 31.9. The maximum absolute atomic E-state index is 14.5. The molecular formula is C31H34F4N8O2S. The monoisotopic (exact) mass is 658 g/mol. The van der Waals surface area contributed by atoms with Crippen molar-refractivity contribution in [1.29, 1.82) is 0 Å². The van der Waals surface area contributed by atoms with Gasteiger partial charge in [0, 0.05) is 49.7 Å². The normalized spacial score (nSPS) is 28.0. The number of rotatable bonds is 4. The van der Waals surface area contributed by atoms with Gasteiger partial charge < -0.3 is 20.7 Å². The first-order valence-electron chi connectivity index (χ1n) is 15.7. The lowest BCUT2D eigenvalue weighted by atomic mass is 10.1.